The van der Waals surface area contributed by atoms with Crippen LogP contribution in [-0.4, -0.2) is 20.7 Å². The van der Waals surface area contributed by atoms with Crippen molar-refractivity contribution >= 4 is 17.7 Å². The van der Waals surface area contributed by atoms with Crippen molar-refractivity contribution in [3.05, 3.63) is 77.4 Å². The highest BCUT2D eigenvalue weighted by Crippen LogP contribution is 2.27. The van der Waals surface area contributed by atoms with Crippen LogP contribution in [0.1, 0.15) is 48.6 Å². The Labute approximate surface area is 174 Å². The Morgan fingerprint density at radius 1 is 1.10 bits per heavy atom. The number of nitrogens with zero attached hydrogens (tertiary/aromatic N) is 3. The van der Waals surface area contributed by atoms with E-state index in [1.165, 1.54) is 12.1 Å². The van der Waals surface area contributed by atoms with Gasteiger partial charge in [-0.25, -0.2) is 4.39 Å². The molecule has 3 rings (SSSR count). The van der Waals surface area contributed by atoms with Gasteiger partial charge in [0.25, 0.3) is 5.91 Å². The summed E-state index contributed by atoms with van der Waals surface area (Å²) in [6, 6.07) is 15.4. The molecule has 29 heavy (non-hydrogen) atoms. The van der Waals surface area contributed by atoms with Crippen molar-refractivity contribution in [2.24, 2.45) is 5.92 Å². The molecule has 2 aromatic carbocycles. The van der Waals surface area contributed by atoms with E-state index in [2.05, 4.69) is 29.4 Å². The van der Waals surface area contributed by atoms with E-state index in [9.17, 15) is 9.18 Å². The molecule has 1 atom stereocenters. The Balaban J connectivity index is 1.78. The zero-order chi connectivity index (χ0) is 20.8. The average molecular weight is 413 g/mol. The monoisotopic (exact) mass is 412 g/mol. The Hall–Kier alpha value is -2.67. The molecule has 3 aromatic rings. The third-order valence-corrected chi connectivity index (χ3v) is 5.65. The molecule has 1 N–H and O–H groups in total. The van der Waals surface area contributed by atoms with E-state index in [4.69, 9.17) is 0 Å². The number of nitrogens with one attached hydrogen (secondary N) is 1. The smallest absolute Gasteiger partial charge is 0.251 e. The maximum atomic E-state index is 13.1. The molecule has 0 fully saturated rings. The first kappa shape index (κ1) is 21.0. The maximum Gasteiger partial charge on any atom is 0.251 e. The van der Waals surface area contributed by atoms with Gasteiger partial charge in [-0.3, -0.25) is 4.79 Å². The van der Waals surface area contributed by atoms with Crippen molar-refractivity contribution in [1.82, 2.24) is 20.1 Å². The highest BCUT2D eigenvalue weighted by atomic mass is 32.2. The zero-order valence-electron chi connectivity index (χ0n) is 16.8. The minimum atomic E-state index is -0.254. The molecule has 0 aliphatic rings. The summed E-state index contributed by atoms with van der Waals surface area (Å²) in [4.78, 5) is 12.7. The molecule has 0 unspecified atom stereocenters. The van der Waals surface area contributed by atoms with Crippen LogP contribution in [0.5, 0.6) is 0 Å². The molecular formula is C22H25FN4OS. The number of aromatic nitrogens is 3. The number of thioether (sulfide) groups is 1. The summed E-state index contributed by atoms with van der Waals surface area (Å²) in [6.07, 6.45) is 0. The Kier molecular flexibility index (Phi) is 7.04. The van der Waals surface area contributed by atoms with Crippen molar-refractivity contribution < 1.29 is 9.18 Å². The molecule has 0 radical (unpaired) electrons. The number of amides is 1. The third-order valence-electron chi connectivity index (χ3n) is 4.61. The highest BCUT2D eigenvalue weighted by molar-refractivity contribution is 7.98. The quantitative estimate of drug-likeness (QED) is 0.537. The molecule has 0 aliphatic carbocycles. The molecule has 0 saturated carbocycles. The molecule has 1 heterocycles. The van der Waals surface area contributed by atoms with Gasteiger partial charge >= 0.3 is 0 Å². The Bertz CT molecular complexity index is 941. The van der Waals surface area contributed by atoms with E-state index in [1.807, 2.05) is 29.7 Å². The fourth-order valence-electron chi connectivity index (χ4n) is 3.01. The molecule has 0 saturated heterocycles. The van der Waals surface area contributed by atoms with E-state index in [0.29, 0.717) is 17.9 Å². The summed E-state index contributed by atoms with van der Waals surface area (Å²) in [5, 5.41) is 12.6. The Morgan fingerprint density at radius 2 is 1.79 bits per heavy atom. The lowest BCUT2D eigenvalue weighted by Gasteiger charge is -2.22. The first-order valence-electron chi connectivity index (χ1n) is 9.65. The second kappa shape index (κ2) is 9.69. The lowest BCUT2D eigenvalue weighted by Crippen LogP contribution is -2.33. The van der Waals surface area contributed by atoms with Gasteiger partial charge in [0.1, 0.15) is 5.82 Å². The second-order valence-corrected chi connectivity index (χ2v) is 8.00. The number of benzene rings is 2. The summed E-state index contributed by atoms with van der Waals surface area (Å²) < 4.78 is 15.1. The molecule has 1 aromatic heterocycles. The van der Waals surface area contributed by atoms with E-state index in [1.54, 1.807) is 36.0 Å². The molecule has 1 amide bonds. The number of hydrogen-bond donors (Lipinski definition) is 1. The molecular weight excluding hydrogens is 387 g/mol. The van der Waals surface area contributed by atoms with Crippen LogP contribution in [0.25, 0.3) is 0 Å². The van der Waals surface area contributed by atoms with E-state index >= 15 is 0 Å². The average Bonchev–Trinajstić information content (AvgIpc) is 3.14. The van der Waals surface area contributed by atoms with E-state index in [-0.39, 0.29) is 23.7 Å². The molecule has 5 nitrogen and oxygen atoms in total. The van der Waals surface area contributed by atoms with Gasteiger partial charge in [0.2, 0.25) is 0 Å². The van der Waals surface area contributed by atoms with Gasteiger partial charge in [0.15, 0.2) is 11.0 Å². The minimum Gasteiger partial charge on any atom is -0.342 e. The van der Waals surface area contributed by atoms with Gasteiger partial charge in [-0.05, 0) is 42.7 Å². The van der Waals surface area contributed by atoms with Gasteiger partial charge < -0.3 is 9.88 Å². The van der Waals surface area contributed by atoms with Crippen LogP contribution < -0.4 is 5.32 Å². The summed E-state index contributed by atoms with van der Waals surface area (Å²) in [5.41, 5.74) is 1.63. The lowest BCUT2D eigenvalue weighted by molar-refractivity contribution is 0.0922. The molecule has 0 aliphatic heterocycles. The standard InChI is InChI=1S/C22H25FN4OS/c1-4-27-20(19(15(2)3)24-21(28)17-8-6-5-7-9-17)25-26-22(27)29-14-16-10-12-18(23)13-11-16/h5-13,15,19H,4,14H2,1-3H3,(H,24,28)/t19-/m0/s1. The minimum absolute atomic E-state index is 0.129. The number of carbonyl (C=O) groups is 1. The molecule has 7 heteroatoms. The van der Waals surface area contributed by atoms with Gasteiger partial charge in [0.05, 0.1) is 6.04 Å². The van der Waals surface area contributed by atoms with Gasteiger partial charge in [-0.2, -0.15) is 0 Å². The van der Waals surface area contributed by atoms with Gasteiger partial charge in [-0.15, -0.1) is 10.2 Å². The summed E-state index contributed by atoms with van der Waals surface area (Å²) in [6.45, 7) is 6.83. The van der Waals surface area contributed by atoms with Crippen LogP contribution in [0.15, 0.2) is 59.8 Å². The first-order valence-corrected chi connectivity index (χ1v) is 10.6. The zero-order valence-corrected chi connectivity index (χ0v) is 17.6. The predicted molar refractivity (Wildman–Crippen MR) is 113 cm³/mol. The lowest BCUT2D eigenvalue weighted by atomic mass is 10.0. The van der Waals surface area contributed by atoms with Crippen LogP contribution >= 0.6 is 11.8 Å². The number of halogens is 1. The Morgan fingerprint density at radius 3 is 2.41 bits per heavy atom. The van der Waals surface area contributed by atoms with Crippen molar-refractivity contribution in [2.75, 3.05) is 0 Å². The topological polar surface area (TPSA) is 59.8 Å². The van der Waals surface area contributed by atoms with Crippen molar-refractivity contribution in [3.63, 3.8) is 0 Å². The predicted octanol–water partition coefficient (Wildman–Crippen LogP) is 4.86. The number of hydrogen-bond acceptors (Lipinski definition) is 4. The van der Waals surface area contributed by atoms with Crippen LogP contribution in [0, 0.1) is 11.7 Å². The van der Waals surface area contributed by atoms with Crippen molar-refractivity contribution in [3.8, 4) is 0 Å². The maximum absolute atomic E-state index is 13.1. The summed E-state index contributed by atoms with van der Waals surface area (Å²) in [7, 11) is 0. The SMILES string of the molecule is CCn1c(SCc2ccc(F)cc2)nnc1[C@@H](NC(=O)c1ccccc1)C(C)C. The fourth-order valence-corrected chi connectivity index (χ4v) is 3.97. The third kappa shape index (κ3) is 5.23. The fraction of sp³-hybridized carbons (Fsp3) is 0.318. The van der Waals surface area contributed by atoms with E-state index in [0.717, 1.165) is 16.5 Å². The van der Waals surface area contributed by atoms with Gasteiger partial charge in [-0.1, -0.05) is 55.9 Å². The van der Waals surface area contributed by atoms with Crippen LogP contribution in [0.2, 0.25) is 0 Å². The normalized spacial score (nSPS) is 12.2. The van der Waals surface area contributed by atoms with Gasteiger partial charge in [0, 0.05) is 17.9 Å². The largest absolute Gasteiger partial charge is 0.342 e. The van der Waals surface area contributed by atoms with Crippen LogP contribution in [0.4, 0.5) is 4.39 Å². The number of rotatable bonds is 8. The molecule has 152 valence electrons. The van der Waals surface area contributed by atoms with Crippen LogP contribution in [0.3, 0.4) is 0 Å². The summed E-state index contributed by atoms with van der Waals surface area (Å²) >= 11 is 1.55. The van der Waals surface area contributed by atoms with E-state index < -0.39 is 0 Å². The van der Waals surface area contributed by atoms with Crippen molar-refractivity contribution in [1.29, 1.82) is 0 Å². The number of carbonyl (C=O) groups excluding carboxylic acids is 1. The molecule has 0 spiro atoms. The molecule has 0 bridgehead atoms. The van der Waals surface area contributed by atoms with Crippen molar-refractivity contribution in [2.45, 2.75) is 44.3 Å². The highest BCUT2D eigenvalue weighted by Gasteiger charge is 2.26. The first-order chi connectivity index (χ1) is 14.0. The van der Waals surface area contributed by atoms with Crippen LogP contribution in [-0.2, 0) is 12.3 Å². The summed E-state index contributed by atoms with van der Waals surface area (Å²) in [5.74, 6) is 1.18. The second-order valence-electron chi connectivity index (χ2n) is 7.06.